The van der Waals surface area contributed by atoms with Crippen LogP contribution in [0.4, 0.5) is 10.1 Å². The van der Waals surface area contributed by atoms with Crippen LogP contribution in [-0.2, 0) is 4.79 Å². The van der Waals surface area contributed by atoms with Crippen LogP contribution in [0.15, 0.2) is 36.5 Å². The molecule has 9 heteroatoms. The molecule has 1 saturated carbocycles. The number of nitrogens with zero attached hydrogens (tertiary/aromatic N) is 1. The number of Topliss-reactive ketones (excluding diaryl/α,β-unsaturated/α-hetero) is 1. The SMILES string of the molecule is CC(=O)c1cnc2ccc(-c3cc(F)c(O)c(Cl)c3)cc2c1NC1CCC(NC(=O)[C@@H]2CCCN2)CC1. The number of carbonyl (C=O) groups is 2. The highest BCUT2D eigenvalue weighted by atomic mass is 35.5. The molecule has 2 aliphatic rings. The first-order chi connectivity index (χ1) is 17.8. The maximum atomic E-state index is 14.2. The number of hydrogen-bond acceptors (Lipinski definition) is 6. The molecule has 194 valence electrons. The van der Waals surface area contributed by atoms with Gasteiger partial charge in [-0.3, -0.25) is 14.6 Å². The molecule has 1 saturated heterocycles. The van der Waals surface area contributed by atoms with Crippen molar-refractivity contribution in [3.63, 3.8) is 0 Å². The number of amides is 1. The normalized spacial score (nSPS) is 21.6. The number of aromatic hydroxyl groups is 1. The Morgan fingerprint density at radius 2 is 1.84 bits per heavy atom. The van der Waals surface area contributed by atoms with Crippen molar-refractivity contribution in [3.05, 3.63) is 52.9 Å². The second-order valence-corrected chi connectivity index (χ2v) is 10.4. The van der Waals surface area contributed by atoms with Gasteiger partial charge in [-0.2, -0.15) is 0 Å². The fourth-order valence-corrected chi connectivity index (χ4v) is 5.53. The molecule has 2 heterocycles. The van der Waals surface area contributed by atoms with Crippen LogP contribution >= 0.6 is 11.6 Å². The van der Waals surface area contributed by atoms with Crippen LogP contribution in [0.3, 0.4) is 0 Å². The third-order valence-corrected chi connectivity index (χ3v) is 7.68. The van der Waals surface area contributed by atoms with Gasteiger partial charge in [0.1, 0.15) is 0 Å². The van der Waals surface area contributed by atoms with E-state index in [1.807, 2.05) is 18.2 Å². The Balaban J connectivity index is 1.38. The summed E-state index contributed by atoms with van der Waals surface area (Å²) in [6.45, 7) is 2.40. The molecule has 0 bridgehead atoms. The number of hydrogen-bond donors (Lipinski definition) is 4. The van der Waals surface area contributed by atoms with Gasteiger partial charge in [-0.1, -0.05) is 17.7 Å². The summed E-state index contributed by atoms with van der Waals surface area (Å²) in [5, 5.41) is 20.4. The first-order valence-electron chi connectivity index (χ1n) is 12.7. The van der Waals surface area contributed by atoms with Crippen LogP contribution in [0.5, 0.6) is 5.75 Å². The van der Waals surface area contributed by atoms with E-state index in [0.29, 0.717) is 27.9 Å². The lowest BCUT2D eigenvalue weighted by Crippen LogP contribution is -2.47. The van der Waals surface area contributed by atoms with Gasteiger partial charge in [0.15, 0.2) is 17.3 Å². The molecule has 1 aromatic heterocycles. The lowest BCUT2D eigenvalue weighted by atomic mass is 9.90. The molecule has 1 amide bonds. The van der Waals surface area contributed by atoms with Gasteiger partial charge >= 0.3 is 0 Å². The number of aromatic nitrogens is 1. The molecular formula is C28H30ClFN4O3. The number of fused-ring (bicyclic) bond motifs is 1. The molecule has 5 rings (SSSR count). The average Bonchev–Trinajstić information content (AvgIpc) is 3.43. The van der Waals surface area contributed by atoms with Crippen LogP contribution in [0.2, 0.25) is 5.02 Å². The van der Waals surface area contributed by atoms with Crippen molar-refractivity contribution in [3.8, 4) is 16.9 Å². The van der Waals surface area contributed by atoms with E-state index in [1.165, 1.54) is 19.1 Å². The number of ketones is 1. The second kappa shape index (κ2) is 10.6. The van der Waals surface area contributed by atoms with Crippen LogP contribution in [-0.4, -0.2) is 46.5 Å². The summed E-state index contributed by atoms with van der Waals surface area (Å²) in [5.74, 6) is -1.40. The smallest absolute Gasteiger partial charge is 0.237 e. The Morgan fingerprint density at radius 3 is 2.51 bits per heavy atom. The van der Waals surface area contributed by atoms with E-state index in [9.17, 15) is 19.1 Å². The molecule has 1 atom stereocenters. The molecule has 0 spiro atoms. The number of halogens is 2. The van der Waals surface area contributed by atoms with Crippen LogP contribution in [0.25, 0.3) is 22.0 Å². The van der Waals surface area contributed by atoms with E-state index in [0.717, 1.165) is 50.5 Å². The summed E-state index contributed by atoms with van der Waals surface area (Å²) in [6, 6.07) is 8.43. The Kier molecular flexibility index (Phi) is 7.31. The maximum Gasteiger partial charge on any atom is 0.237 e. The summed E-state index contributed by atoms with van der Waals surface area (Å²) in [7, 11) is 0. The Morgan fingerprint density at radius 1 is 1.08 bits per heavy atom. The molecule has 0 unspecified atom stereocenters. The zero-order valence-corrected chi connectivity index (χ0v) is 21.4. The predicted octanol–water partition coefficient (Wildman–Crippen LogP) is 5.19. The van der Waals surface area contributed by atoms with Crippen molar-refractivity contribution in [2.24, 2.45) is 0 Å². The minimum absolute atomic E-state index is 0.0726. The highest BCUT2D eigenvalue weighted by Crippen LogP contribution is 2.36. The molecule has 7 nitrogen and oxygen atoms in total. The number of benzene rings is 2. The highest BCUT2D eigenvalue weighted by Gasteiger charge is 2.28. The van der Waals surface area contributed by atoms with Crippen molar-refractivity contribution in [2.75, 3.05) is 11.9 Å². The maximum absolute atomic E-state index is 14.2. The summed E-state index contributed by atoms with van der Waals surface area (Å²) in [6.07, 6.45) is 6.91. The summed E-state index contributed by atoms with van der Waals surface area (Å²) in [4.78, 5) is 29.5. The highest BCUT2D eigenvalue weighted by molar-refractivity contribution is 6.32. The van der Waals surface area contributed by atoms with Gasteiger partial charge < -0.3 is 21.1 Å². The monoisotopic (exact) mass is 524 g/mol. The number of nitrogens with one attached hydrogen (secondary N) is 3. The quantitative estimate of drug-likeness (QED) is 0.331. The predicted molar refractivity (Wildman–Crippen MR) is 143 cm³/mol. The van der Waals surface area contributed by atoms with E-state index >= 15 is 0 Å². The molecule has 37 heavy (non-hydrogen) atoms. The lowest BCUT2D eigenvalue weighted by molar-refractivity contribution is -0.123. The molecule has 2 fully saturated rings. The number of rotatable bonds is 6. The third kappa shape index (κ3) is 5.40. The zero-order chi connectivity index (χ0) is 26.1. The Hall–Kier alpha value is -3.23. The van der Waals surface area contributed by atoms with E-state index in [2.05, 4.69) is 20.9 Å². The fourth-order valence-electron chi connectivity index (χ4n) is 5.32. The van der Waals surface area contributed by atoms with Crippen molar-refractivity contribution in [2.45, 2.75) is 63.6 Å². The topological polar surface area (TPSA) is 103 Å². The van der Waals surface area contributed by atoms with Gasteiger partial charge in [-0.15, -0.1) is 0 Å². The molecular weight excluding hydrogens is 495 g/mol. The minimum Gasteiger partial charge on any atom is -0.504 e. The number of carbonyl (C=O) groups excluding carboxylic acids is 2. The van der Waals surface area contributed by atoms with Crippen LogP contribution in [0, 0.1) is 5.82 Å². The van der Waals surface area contributed by atoms with Crippen LogP contribution in [0.1, 0.15) is 55.8 Å². The standard InChI is InChI=1S/C28H30ClFN4O3/c1-15(35)21-14-32-24-9-4-16(17-12-22(29)27(36)23(30)13-17)11-20(24)26(21)33-18-5-7-19(8-6-18)34-28(37)25-3-2-10-31-25/h4,9,11-14,18-19,25,31,36H,2-3,5-8,10H2,1H3,(H,32,33)(H,34,37)/t18?,19?,25-/m0/s1. The van der Waals surface area contributed by atoms with Crippen molar-refractivity contribution >= 4 is 39.9 Å². The third-order valence-electron chi connectivity index (χ3n) is 7.40. The Labute approximate surface area is 219 Å². The summed E-state index contributed by atoms with van der Waals surface area (Å²) < 4.78 is 14.2. The van der Waals surface area contributed by atoms with E-state index in [4.69, 9.17) is 11.6 Å². The van der Waals surface area contributed by atoms with Crippen LogP contribution < -0.4 is 16.0 Å². The average molecular weight is 525 g/mol. The largest absolute Gasteiger partial charge is 0.504 e. The van der Waals surface area contributed by atoms with Gasteiger partial charge in [0.2, 0.25) is 5.91 Å². The summed E-state index contributed by atoms with van der Waals surface area (Å²) in [5.41, 5.74) is 3.08. The van der Waals surface area contributed by atoms with E-state index in [1.54, 1.807) is 6.20 Å². The molecule has 4 N–H and O–H groups in total. The lowest BCUT2D eigenvalue weighted by Gasteiger charge is -2.31. The zero-order valence-electron chi connectivity index (χ0n) is 20.6. The number of phenols is 1. The van der Waals surface area contributed by atoms with Crippen molar-refractivity contribution in [1.29, 1.82) is 0 Å². The molecule has 1 aliphatic heterocycles. The molecule has 2 aromatic carbocycles. The molecule has 0 radical (unpaired) electrons. The molecule has 1 aliphatic carbocycles. The fraction of sp³-hybridized carbons (Fsp3) is 0.393. The van der Waals surface area contributed by atoms with Gasteiger partial charge in [0.05, 0.1) is 27.8 Å². The van der Waals surface area contributed by atoms with Gasteiger partial charge in [0, 0.05) is 23.7 Å². The van der Waals surface area contributed by atoms with Gasteiger partial charge in [-0.25, -0.2) is 4.39 Å². The van der Waals surface area contributed by atoms with Gasteiger partial charge in [-0.05, 0) is 87.4 Å². The number of pyridine rings is 1. The first kappa shape index (κ1) is 25.4. The van der Waals surface area contributed by atoms with E-state index in [-0.39, 0.29) is 34.8 Å². The van der Waals surface area contributed by atoms with E-state index < -0.39 is 11.6 Å². The minimum atomic E-state index is -0.802. The number of anilines is 1. The first-order valence-corrected chi connectivity index (χ1v) is 13.1. The van der Waals surface area contributed by atoms with Gasteiger partial charge in [0.25, 0.3) is 0 Å². The number of phenolic OH excluding ortho intramolecular Hbond substituents is 1. The Bertz CT molecular complexity index is 1330. The summed E-state index contributed by atoms with van der Waals surface area (Å²) >= 11 is 6.01. The van der Waals surface area contributed by atoms with Crippen molar-refractivity contribution < 1.29 is 19.1 Å². The second-order valence-electron chi connectivity index (χ2n) is 9.97. The van der Waals surface area contributed by atoms with Crippen molar-refractivity contribution in [1.82, 2.24) is 15.6 Å². The molecule has 3 aromatic rings.